The molecule has 11 heteroatoms. The predicted octanol–water partition coefficient (Wildman–Crippen LogP) is 4.30. The van der Waals surface area contributed by atoms with E-state index in [1.54, 1.807) is 55.3 Å². The van der Waals surface area contributed by atoms with Crippen LogP contribution in [-0.2, 0) is 14.3 Å². The monoisotopic (exact) mass is 473 g/mol. The topological polar surface area (TPSA) is 108 Å². The first kappa shape index (κ1) is 26.3. The van der Waals surface area contributed by atoms with Crippen molar-refractivity contribution in [2.45, 2.75) is 76.7 Å². The summed E-state index contributed by atoms with van der Waals surface area (Å²) in [6.07, 6.45) is -1.81. The van der Waals surface area contributed by atoms with E-state index in [0.29, 0.717) is 24.2 Å². The molecule has 2 amide bonds. The summed E-state index contributed by atoms with van der Waals surface area (Å²) in [5, 5.41) is 13.7. The van der Waals surface area contributed by atoms with Crippen molar-refractivity contribution in [3.63, 3.8) is 0 Å². The number of anilines is 2. The number of carboxylic acids is 1. The van der Waals surface area contributed by atoms with Crippen LogP contribution in [0.3, 0.4) is 0 Å². The molecule has 1 fully saturated rings. The van der Waals surface area contributed by atoms with Crippen LogP contribution < -0.4 is 15.5 Å². The molecule has 1 unspecified atom stereocenters. The second-order valence-electron chi connectivity index (χ2n) is 8.95. The second kappa shape index (κ2) is 10.8. The van der Waals surface area contributed by atoms with Gasteiger partial charge in [0.25, 0.3) is 0 Å². The van der Waals surface area contributed by atoms with Crippen molar-refractivity contribution in [1.29, 1.82) is 0 Å². The number of hydrogen-bond acceptors (Lipinski definition) is 5. The van der Waals surface area contributed by atoms with E-state index in [0.717, 1.165) is 19.3 Å². The molecule has 0 saturated heterocycles. The Morgan fingerprint density at radius 2 is 1.73 bits per heavy atom. The van der Waals surface area contributed by atoms with Crippen LogP contribution in [-0.4, -0.2) is 53.5 Å². The number of nitrogens with zero attached hydrogens (tertiary/aromatic N) is 1. The van der Waals surface area contributed by atoms with E-state index in [1.807, 2.05) is 0 Å². The van der Waals surface area contributed by atoms with Gasteiger partial charge < -0.3 is 20.1 Å². The highest BCUT2D eigenvalue weighted by atomic mass is 19.4. The number of halogens is 3. The van der Waals surface area contributed by atoms with Crippen molar-refractivity contribution in [1.82, 2.24) is 5.32 Å². The Morgan fingerprint density at radius 3 is 2.27 bits per heavy atom. The molecule has 8 nitrogen and oxygen atoms in total. The molecule has 0 spiro atoms. The fourth-order valence-corrected chi connectivity index (χ4v) is 3.70. The van der Waals surface area contributed by atoms with Gasteiger partial charge in [-0.2, -0.15) is 13.2 Å². The van der Waals surface area contributed by atoms with Gasteiger partial charge in [0, 0.05) is 12.6 Å². The van der Waals surface area contributed by atoms with Crippen LogP contribution in [0.15, 0.2) is 24.3 Å². The zero-order valence-electron chi connectivity index (χ0n) is 18.9. The van der Waals surface area contributed by atoms with Crippen LogP contribution in [0.1, 0.15) is 52.9 Å². The molecule has 1 aromatic rings. The summed E-state index contributed by atoms with van der Waals surface area (Å²) in [5.74, 6) is -3.91. The maximum atomic E-state index is 12.8. The van der Waals surface area contributed by atoms with Gasteiger partial charge in [-0.1, -0.05) is 31.4 Å². The molecule has 1 atom stereocenters. The molecule has 0 aromatic heterocycles. The van der Waals surface area contributed by atoms with Crippen molar-refractivity contribution in [2.24, 2.45) is 0 Å². The van der Waals surface area contributed by atoms with Gasteiger partial charge in [-0.3, -0.25) is 10.1 Å². The third-order valence-corrected chi connectivity index (χ3v) is 5.10. The largest absolute Gasteiger partial charge is 0.480 e. The Labute approximate surface area is 190 Å². The van der Waals surface area contributed by atoms with Crippen molar-refractivity contribution >= 4 is 29.3 Å². The molecule has 1 aliphatic carbocycles. The third-order valence-electron chi connectivity index (χ3n) is 5.10. The molecule has 0 heterocycles. The lowest BCUT2D eigenvalue weighted by Crippen LogP contribution is -2.54. The van der Waals surface area contributed by atoms with E-state index in [-0.39, 0.29) is 6.04 Å². The second-order valence-corrected chi connectivity index (χ2v) is 8.95. The van der Waals surface area contributed by atoms with E-state index in [4.69, 9.17) is 4.74 Å². The minimum atomic E-state index is -5.21. The van der Waals surface area contributed by atoms with Crippen LogP contribution in [0.5, 0.6) is 0 Å². The van der Waals surface area contributed by atoms with Crippen LogP contribution in [0.25, 0.3) is 0 Å². The number of amides is 2. The number of carbonyl (C=O) groups excluding carboxylic acids is 2. The summed E-state index contributed by atoms with van der Waals surface area (Å²) >= 11 is 0. The average molecular weight is 473 g/mol. The van der Waals surface area contributed by atoms with E-state index in [2.05, 4.69) is 5.32 Å². The molecule has 0 radical (unpaired) electrons. The van der Waals surface area contributed by atoms with Crippen LogP contribution in [0, 0.1) is 0 Å². The summed E-state index contributed by atoms with van der Waals surface area (Å²) in [4.78, 5) is 37.2. The normalized spacial score (nSPS) is 15.9. The standard InChI is InChI=1S/C22H30F3N3O5/c1-21(2,3)33-20(32)27-15-11-7-8-12-17(15)28(14-9-5-4-6-10-14)13-16(18(29)30)26-19(31)22(23,24)25/h7-8,11-12,14,16H,4-6,9-10,13H2,1-3H3,(H,26,31)(H,27,32)(H,29,30). The van der Waals surface area contributed by atoms with Gasteiger partial charge in [0.05, 0.1) is 11.4 Å². The first-order valence-corrected chi connectivity index (χ1v) is 10.7. The lowest BCUT2D eigenvalue weighted by Gasteiger charge is -2.38. The van der Waals surface area contributed by atoms with E-state index in [1.165, 1.54) is 0 Å². The lowest BCUT2D eigenvalue weighted by molar-refractivity contribution is -0.175. The molecule has 184 valence electrons. The lowest BCUT2D eigenvalue weighted by atomic mass is 9.93. The van der Waals surface area contributed by atoms with Gasteiger partial charge in [-0.15, -0.1) is 0 Å². The number of nitrogens with one attached hydrogen (secondary N) is 2. The Morgan fingerprint density at radius 1 is 1.12 bits per heavy atom. The predicted molar refractivity (Wildman–Crippen MR) is 116 cm³/mol. The molecule has 0 aliphatic heterocycles. The number of aliphatic carboxylic acids is 1. The first-order valence-electron chi connectivity index (χ1n) is 10.7. The Bertz CT molecular complexity index is 848. The number of benzene rings is 1. The number of hydrogen-bond donors (Lipinski definition) is 3. The Kier molecular flexibility index (Phi) is 8.57. The van der Waals surface area contributed by atoms with Gasteiger partial charge in [-0.25, -0.2) is 9.59 Å². The summed E-state index contributed by atoms with van der Waals surface area (Å²) in [7, 11) is 0. The van der Waals surface area contributed by atoms with Gasteiger partial charge >= 0.3 is 24.1 Å². The highest BCUT2D eigenvalue weighted by molar-refractivity contribution is 5.91. The summed E-state index contributed by atoms with van der Waals surface area (Å²) < 4.78 is 43.5. The van der Waals surface area contributed by atoms with Crippen LogP contribution in [0.4, 0.5) is 29.3 Å². The van der Waals surface area contributed by atoms with E-state index < -0.39 is 42.3 Å². The van der Waals surface area contributed by atoms with Crippen molar-refractivity contribution < 1.29 is 37.4 Å². The fourth-order valence-electron chi connectivity index (χ4n) is 3.70. The minimum Gasteiger partial charge on any atom is -0.480 e. The van der Waals surface area contributed by atoms with Crippen molar-refractivity contribution in [3.05, 3.63) is 24.3 Å². The molecule has 2 rings (SSSR count). The molecule has 1 aliphatic rings. The summed E-state index contributed by atoms with van der Waals surface area (Å²) in [5.41, 5.74) is 0.00428. The molecule has 1 saturated carbocycles. The summed E-state index contributed by atoms with van der Waals surface area (Å²) in [6.45, 7) is 4.70. The van der Waals surface area contributed by atoms with Crippen LogP contribution >= 0.6 is 0 Å². The van der Waals surface area contributed by atoms with Crippen molar-refractivity contribution in [3.8, 4) is 0 Å². The number of para-hydroxylation sites is 2. The number of ether oxygens (including phenoxy) is 1. The minimum absolute atomic E-state index is 0.176. The average Bonchev–Trinajstić information content (AvgIpc) is 2.70. The van der Waals surface area contributed by atoms with Gasteiger partial charge in [-0.05, 0) is 45.7 Å². The highest BCUT2D eigenvalue weighted by Gasteiger charge is 2.41. The molecule has 33 heavy (non-hydrogen) atoms. The summed E-state index contributed by atoms with van der Waals surface area (Å²) in [6, 6.07) is 4.59. The Hall–Kier alpha value is -2.98. The zero-order chi connectivity index (χ0) is 24.8. The molecular formula is C22H30F3N3O5. The first-order chi connectivity index (χ1) is 15.3. The number of rotatable bonds is 7. The van der Waals surface area contributed by atoms with Crippen molar-refractivity contribution in [2.75, 3.05) is 16.8 Å². The van der Waals surface area contributed by atoms with Gasteiger partial charge in [0.15, 0.2) is 0 Å². The number of carbonyl (C=O) groups is 3. The quantitative estimate of drug-likeness (QED) is 0.545. The zero-order valence-corrected chi connectivity index (χ0v) is 18.9. The fraction of sp³-hybridized carbons (Fsp3) is 0.591. The molecule has 0 bridgehead atoms. The number of alkyl halides is 3. The SMILES string of the molecule is CC(C)(C)OC(=O)Nc1ccccc1N(CC(NC(=O)C(F)(F)F)C(=O)O)C1CCCCC1. The van der Waals surface area contributed by atoms with Crippen LogP contribution in [0.2, 0.25) is 0 Å². The van der Waals surface area contributed by atoms with Gasteiger partial charge in [0.1, 0.15) is 11.6 Å². The maximum Gasteiger partial charge on any atom is 0.471 e. The van der Waals surface area contributed by atoms with E-state index in [9.17, 15) is 32.7 Å². The number of carboxylic acid groups (broad SMARTS) is 1. The van der Waals surface area contributed by atoms with E-state index >= 15 is 0 Å². The highest BCUT2D eigenvalue weighted by Crippen LogP contribution is 2.33. The molecular weight excluding hydrogens is 443 g/mol. The molecule has 3 N–H and O–H groups in total. The smallest absolute Gasteiger partial charge is 0.471 e. The third kappa shape index (κ3) is 8.14. The molecule has 1 aromatic carbocycles. The van der Waals surface area contributed by atoms with Gasteiger partial charge in [0.2, 0.25) is 0 Å². The maximum absolute atomic E-state index is 12.8. The Balaban J connectivity index is 2.37.